The van der Waals surface area contributed by atoms with Crippen molar-refractivity contribution in [3.05, 3.63) is 22.2 Å². The third-order valence-electron chi connectivity index (χ3n) is 3.56. The molecule has 1 fully saturated rings. The van der Waals surface area contributed by atoms with Crippen LogP contribution in [0, 0.1) is 0 Å². The van der Waals surface area contributed by atoms with Gasteiger partial charge >= 0.3 is 0 Å². The van der Waals surface area contributed by atoms with Crippen molar-refractivity contribution in [2.75, 3.05) is 33.9 Å². The Hall–Kier alpha value is -0.780. The van der Waals surface area contributed by atoms with Crippen LogP contribution in [0.3, 0.4) is 0 Å². The minimum Gasteiger partial charge on any atom is -0.493 e. The Balaban J connectivity index is 2.19. The van der Waals surface area contributed by atoms with Gasteiger partial charge < -0.3 is 14.8 Å². The number of hydrogen-bond donors (Lipinski definition) is 1. The standard InChI is InChI=1S/C14H21BrN2O2/c1-10-8-16-4-5-17(10)9-11-6-13(18-2)14(19-3)7-12(11)15/h6-7,10,16H,4-5,8-9H2,1-3H3/t10-/m1/s1. The molecule has 0 bridgehead atoms. The summed E-state index contributed by atoms with van der Waals surface area (Å²) in [5.74, 6) is 1.54. The highest BCUT2D eigenvalue weighted by Gasteiger charge is 2.19. The Morgan fingerprint density at radius 1 is 1.32 bits per heavy atom. The highest BCUT2D eigenvalue weighted by molar-refractivity contribution is 9.10. The summed E-state index contributed by atoms with van der Waals surface area (Å²) in [7, 11) is 3.32. The molecular formula is C14H21BrN2O2. The van der Waals surface area contributed by atoms with Crippen molar-refractivity contribution in [1.82, 2.24) is 10.2 Å². The van der Waals surface area contributed by atoms with E-state index in [-0.39, 0.29) is 0 Å². The summed E-state index contributed by atoms with van der Waals surface area (Å²) < 4.78 is 11.7. The van der Waals surface area contributed by atoms with E-state index in [1.165, 1.54) is 5.56 Å². The zero-order valence-corrected chi connectivity index (χ0v) is 13.3. The van der Waals surface area contributed by atoms with Gasteiger partial charge in [-0.15, -0.1) is 0 Å². The van der Waals surface area contributed by atoms with E-state index in [9.17, 15) is 0 Å². The molecule has 2 rings (SSSR count). The molecule has 0 amide bonds. The Morgan fingerprint density at radius 2 is 2.00 bits per heavy atom. The van der Waals surface area contributed by atoms with Crippen molar-refractivity contribution < 1.29 is 9.47 Å². The number of nitrogens with zero attached hydrogens (tertiary/aromatic N) is 1. The van der Waals surface area contributed by atoms with E-state index < -0.39 is 0 Å². The van der Waals surface area contributed by atoms with E-state index in [1.807, 2.05) is 6.07 Å². The van der Waals surface area contributed by atoms with Crippen molar-refractivity contribution in [3.8, 4) is 11.5 Å². The average molecular weight is 329 g/mol. The van der Waals surface area contributed by atoms with Crippen LogP contribution in [0.5, 0.6) is 11.5 Å². The Kier molecular flexibility index (Phi) is 5.07. The molecule has 0 saturated carbocycles. The molecule has 5 heteroatoms. The molecule has 1 aliphatic heterocycles. The molecule has 1 N–H and O–H groups in total. The van der Waals surface area contributed by atoms with Crippen molar-refractivity contribution in [1.29, 1.82) is 0 Å². The van der Waals surface area contributed by atoms with Crippen LogP contribution >= 0.6 is 15.9 Å². The number of ether oxygens (including phenoxy) is 2. The summed E-state index contributed by atoms with van der Waals surface area (Å²) in [6, 6.07) is 4.58. The monoisotopic (exact) mass is 328 g/mol. The molecular weight excluding hydrogens is 308 g/mol. The van der Waals surface area contributed by atoms with E-state index >= 15 is 0 Å². The first-order valence-corrected chi connectivity index (χ1v) is 7.30. The number of rotatable bonds is 4. The summed E-state index contributed by atoms with van der Waals surface area (Å²) in [6.45, 7) is 6.34. The van der Waals surface area contributed by atoms with Crippen LogP contribution in [0.15, 0.2) is 16.6 Å². The molecule has 0 aliphatic carbocycles. The molecule has 0 unspecified atom stereocenters. The second-order valence-corrected chi connectivity index (χ2v) is 5.68. The van der Waals surface area contributed by atoms with Gasteiger partial charge in [-0.1, -0.05) is 15.9 Å². The largest absolute Gasteiger partial charge is 0.493 e. The van der Waals surface area contributed by atoms with Crippen LogP contribution in [-0.2, 0) is 6.54 Å². The Bertz CT molecular complexity index is 440. The quantitative estimate of drug-likeness (QED) is 0.919. The van der Waals surface area contributed by atoms with E-state index in [4.69, 9.17) is 9.47 Å². The zero-order valence-electron chi connectivity index (χ0n) is 11.7. The van der Waals surface area contributed by atoms with Gasteiger partial charge in [0.25, 0.3) is 0 Å². The average Bonchev–Trinajstić information content (AvgIpc) is 2.42. The van der Waals surface area contributed by atoms with E-state index in [2.05, 4.69) is 39.1 Å². The lowest BCUT2D eigenvalue weighted by atomic mass is 10.1. The minimum atomic E-state index is 0.550. The van der Waals surface area contributed by atoms with Gasteiger partial charge in [-0.05, 0) is 24.6 Å². The normalized spacial score (nSPS) is 20.3. The topological polar surface area (TPSA) is 33.7 Å². The van der Waals surface area contributed by atoms with Crippen molar-refractivity contribution in [3.63, 3.8) is 0 Å². The molecule has 0 radical (unpaired) electrons. The van der Waals surface area contributed by atoms with Gasteiger partial charge in [0.05, 0.1) is 14.2 Å². The predicted octanol–water partition coefficient (Wildman–Crippen LogP) is 2.26. The molecule has 1 aromatic rings. The number of halogens is 1. The SMILES string of the molecule is COc1cc(Br)c(CN2CCNC[C@H]2C)cc1OC. The third kappa shape index (κ3) is 3.41. The summed E-state index contributed by atoms with van der Waals surface area (Å²) in [6.07, 6.45) is 0. The molecule has 1 aromatic carbocycles. The van der Waals surface area contributed by atoms with Gasteiger partial charge in [-0.3, -0.25) is 4.90 Å². The fourth-order valence-corrected chi connectivity index (χ4v) is 2.80. The van der Waals surface area contributed by atoms with Gasteiger partial charge in [-0.25, -0.2) is 0 Å². The maximum absolute atomic E-state index is 5.37. The van der Waals surface area contributed by atoms with Crippen LogP contribution in [0.4, 0.5) is 0 Å². The van der Waals surface area contributed by atoms with E-state index in [0.29, 0.717) is 6.04 Å². The molecule has 1 aliphatic rings. The van der Waals surface area contributed by atoms with Gasteiger partial charge in [-0.2, -0.15) is 0 Å². The fraction of sp³-hybridized carbons (Fsp3) is 0.571. The van der Waals surface area contributed by atoms with Crippen LogP contribution in [-0.4, -0.2) is 44.8 Å². The second kappa shape index (κ2) is 6.59. The maximum Gasteiger partial charge on any atom is 0.161 e. The molecule has 1 atom stereocenters. The summed E-state index contributed by atoms with van der Waals surface area (Å²) in [5.41, 5.74) is 1.23. The lowest BCUT2D eigenvalue weighted by molar-refractivity contribution is 0.165. The van der Waals surface area contributed by atoms with Gasteiger partial charge in [0.15, 0.2) is 11.5 Å². The van der Waals surface area contributed by atoms with Crippen molar-refractivity contribution in [2.24, 2.45) is 0 Å². The molecule has 1 saturated heterocycles. The molecule has 0 spiro atoms. The lowest BCUT2D eigenvalue weighted by Crippen LogP contribution is -2.49. The molecule has 19 heavy (non-hydrogen) atoms. The predicted molar refractivity (Wildman–Crippen MR) is 80.0 cm³/mol. The summed E-state index contributed by atoms with van der Waals surface area (Å²) in [5, 5.41) is 3.41. The zero-order chi connectivity index (χ0) is 13.8. The maximum atomic E-state index is 5.37. The lowest BCUT2D eigenvalue weighted by Gasteiger charge is -2.34. The summed E-state index contributed by atoms with van der Waals surface area (Å²) in [4.78, 5) is 2.47. The van der Waals surface area contributed by atoms with Gasteiger partial charge in [0.1, 0.15) is 0 Å². The minimum absolute atomic E-state index is 0.550. The van der Waals surface area contributed by atoms with Gasteiger partial charge in [0, 0.05) is 36.7 Å². The fourth-order valence-electron chi connectivity index (χ4n) is 2.35. The number of piperazine rings is 1. The summed E-state index contributed by atoms with van der Waals surface area (Å²) >= 11 is 3.62. The molecule has 0 aromatic heterocycles. The highest BCUT2D eigenvalue weighted by atomic mass is 79.9. The van der Waals surface area contributed by atoms with Crippen molar-refractivity contribution in [2.45, 2.75) is 19.5 Å². The molecule has 4 nitrogen and oxygen atoms in total. The third-order valence-corrected chi connectivity index (χ3v) is 4.30. The first kappa shape index (κ1) is 14.6. The van der Waals surface area contributed by atoms with Crippen LogP contribution in [0.2, 0.25) is 0 Å². The first-order chi connectivity index (χ1) is 9.15. The second-order valence-electron chi connectivity index (χ2n) is 4.82. The number of benzene rings is 1. The number of methoxy groups -OCH3 is 2. The number of nitrogens with one attached hydrogen (secondary N) is 1. The molecule has 1 heterocycles. The highest BCUT2D eigenvalue weighted by Crippen LogP contribution is 2.34. The Morgan fingerprint density at radius 3 is 2.63 bits per heavy atom. The van der Waals surface area contributed by atoms with Crippen LogP contribution in [0.1, 0.15) is 12.5 Å². The molecule has 106 valence electrons. The van der Waals surface area contributed by atoms with Crippen molar-refractivity contribution >= 4 is 15.9 Å². The number of hydrogen-bond acceptors (Lipinski definition) is 4. The first-order valence-electron chi connectivity index (χ1n) is 6.51. The Labute approximate surface area is 123 Å². The smallest absolute Gasteiger partial charge is 0.161 e. The van der Waals surface area contributed by atoms with E-state index in [0.717, 1.165) is 42.2 Å². The van der Waals surface area contributed by atoms with Crippen LogP contribution in [0.25, 0.3) is 0 Å². The van der Waals surface area contributed by atoms with E-state index in [1.54, 1.807) is 14.2 Å². The van der Waals surface area contributed by atoms with Gasteiger partial charge in [0.2, 0.25) is 0 Å². The van der Waals surface area contributed by atoms with Crippen LogP contribution < -0.4 is 14.8 Å².